The minimum Gasteiger partial charge on any atom is -1.00 e. The molecular weight excluding hydrogens is 733 g/mol. The monoisotopic (exact) mass is 765 g/mol. The number of rotatable bonds is 12. The van der Waals surface area contributed by atoms with Gasteiger partial charge in [-0.05, 0) is 19.3 Å². The molecule has 0 aromatic heterocycles. The molecule has 0 saturated carbocycles. The van der Waals surface area contributed by atoms with Gasteiger partial charge in [0.15, 0.2) is 0 Å². The van der Waals surface area contributed by atoms with Crippen LogP contribution in [0.5, 0.6) is 0 Å². The molecule has 0 heterocycles. The Balaban J connectivity index is -0.0000000552. The van der Waals surface area contributed by atoms with E-state index in [1.807, 2.05) is 0 Å². The van der Waals surface area contributed by atoms with E-state index in [-0.39, 0.29) is 219 Å². The van der Waals surface area contributed by atoms with Crippen molar-refractivity contribution in [1.29, 1.82) is 0 Å². The molecule has 0 radical (unpaired) electrons. The molecule has 0 aromatic carbocycles. The van der Waals surface area contributed by atoms with Gasteiger partial charge in [0.2, 0.25) is 0 Å². The molecule has 174 valence electrons. The summed E-state index contributed by atoms with van der Waals surface area (Å²) in [5, 5.41) is 17.1. The quantitative estimate of drug-likeness (QED) is 0.0758. The zero-order chi connectivity index (χ0) is 21.9. The van der Waals surface area contributed by atoms with Crippen LogP contribution in [0.25, 0.3) is 0 Å². The fraction of sp³-hybridized carbons (Fsp3) is 0.600. The Hall–Kier alpha value is 3.02. The van der Waals surface area contributed by atoms with Crippen LogP contribution in [0, 0.1) is 0 Å². The van der Waals surface area contributed by atoms with Crippen molar-refractivity contribution in [1.82, 2.24) is 0 Å². The minimum atomic E-state index is -1.36. The summed E-state index contributed by atoms with van der Waals surface area (Å²) in [4.78, 5) is 66.9. The van der Waals surface area contributed by atoms with E-state index >= 15 is 0 Å². The third-order valence-electron chi connectivity index (χ3n) is 3.36. The molecule has 0 fully saturated rings. The van der Waals surface area contributed by atoms with E-state index in [0.717, 1.165) is 0 Å². The van der Waals surface area contributed by atoms with Gasteiger partial charge in [-0.25, -0.2) is 4.79 Å². The average Bonchev–Trinajstić information content (AvgIpc) is 2.61. The number of nitrogens with two attached hydrogens (primary N) is 3. The van der Waals surface area contributed by atoms with Crippen LogP contribution in [0.1, 0.15) is 49.9 Å². The van der Waals surface area contributed by atoms with Gasteiger partial charge < -0.3 is 48.3 Å². The zero-order valence-corrected chi connectivity index (χ0v) is 31.6. The molecule has 0 amide bonds. The van der Waals surface area contributed by atoms with Crippen molar-refractivity contribution >= 4 is 218 Å². The Morgan fingerprint density at radius 1 is 0.594 bits per heavy atom. The number of carbonyl (C=O) groups excluding carboxylic acids is 4. The molecule has 0 aliphatic rings. The zero-order valence-electron chi connectivity index (χ0n) is 25.7. The number of carboxylic acid groups (broad SMARTS) is 2. The largest absolute Gasteiger partial charge is 2.00 e. The summed E-state index contributed by atoms with van der Waals surface area (Å²) in [6, 6.07) is -3.91. The maximum Gasteiger partial charge on any atom is 2.00 e. The standard InChI is InChI=1S/C15H23N3O10.4Sr.8H/c16-7(13(22)23)1-4-10(19)27-11(20)6-3-9(18)15(26)28-12(21)5-2-8(17)14(24)25;;;;;;;;;;;;/h7-9H,1-6,16-18H2,(H,22,23)(H,24,25);;;;;;;;;;;;/q;4*+2;8*-1/t7-,8-,9-;;;;;;;;;;;;/m1............/s1. The number of esters is 4. The van der Waals surface area contributed by atoms with E-state index in [1.165, 1.54) is 0 Å². The third-order valence-corrected chi connectivity index (χ3v) is 3.36. The maximum absolute atomic E-state index is 11.6. The molecule has 8 N–H and O–H groups in total. The summed E-state index contributed by atoms with van der Waals surface area (Å²) in [6.45, 7) is 0. The van der Waals surface area contributed by atoms with Crippen molar-refractivity contribution in [2.75, 3.05) is 0 Å². The summed E-state index contributed by atoms with van der Waals surface area (Å²) in [6.07, 6.45) is -1.99. The predicted molar refractivity (Wildman–Crippen MR) is 121 cm³/mol. The molecule has 0 aliphatic heterocycles. The fourth-order valence-corrected chi connectivity index (χ4v) is 1.65. The van der Waals surface area contributed by atoms with Crippen molar-refractivity contribution in [3.63, 3.8) is 0 Å². The molecule has 0 aromatic rings. The Bertz CT molecular complexity index is 667. The number of carbonyl (C=O) groups is 6. The van der Waals surface area contributed by atoms with Crippen molar-refractivity contribution in [2.45, 2.75) is 56.7 Å². The molecule has 0 unspecified atom stereocenters. The van der Waals surface area contributed by atoms with Crippen molar-refractivity contribution in [3.8, 4) is 0 Å². The number of hydrogen-bond donors (Lipinski definition) is 5. The summed E-state index contributed by atoms with van der Waals surface area (Å²) in [5.74, 6) is -6.76. The average molecular weight is 764 g/mol. The van der Waals surface area contributed by atoms with E-state index < -0.39 is 66.8 Å². The molecular formula is C15H31N3O10Sr4. The molecule has 32 heavy (non-hydrogen) atoms. The van der Waals surface area contributed by atoms with E-state index in [4.69, 9.17) is 27.4 Å². The van der Waals surface area contributed by atoms with E-state index in [2.05, 4.69) is 9.47 Å². The van der Waals surface area contributed by atoms with Gasteiger partial charge in [0.25, 0.3) is 0 Å². The number of hydrogen-bond acceptors (Lipinski definition) is 11. The predicted octanol–water partition coefficient (Wildman–Crippen LogP) is -3.01. The van der Waals surface area contributed by atoms with Crippen LogP contribution in [-0.2, 0) is 38.2 Å². The van der Waals surface area contributed by atoms with E-state index in [9.17, 15) is 28.8 Å². The van der Waals surface area contributed by atoms with Crippen molar-refractivity contribution < 1.29 is 59.9 Å². The van der Waals surface area contributed by atoms with Crippen LogP contribution in [0.2, 0.25) is 0 Å². The Labute approximate surface area is 344 Å². The van der Waals surface area contributed by atoms with Crippen molar-refractivity contribution in [3.05, 3.63) is 0 Å². The molecule has 3 atom stereocenters. The number of ether oxygens (including phenoxy) is 2. The van der Waals surface area contributed by atoms with E-state index in [0.29, 0.717) is 0 Å². The molecule has 0 spiro atoms. The first-order valence-corrected chi connectivity index (χ1v) is 8.14. The van der Waals surface area contributed by atoms with Gasteiger partial charge in [-0.3, -0.25) is 24.0 Å². The Kier molecular flexibility index (Phi) is 36.1. The molecule has 13 nitrogen and oxygen atoms in total. The van der Waals surface area contributed by atoms with Crippen LogP contribution in [0.4, 0.5) is 0 Å². The molecule has 0 aliphatic carbocycles. The molecule has 0 saturated heterocycles. The smallest absolute Gasteiger partial charge is 1.00 e. The summed E-state index contributed by atoms with van der Waals surface area (Å²) in [7, 11) is 0. The fourth-order valence-electron chi connectivity index (χ4n) is 1.65. The van der Waals surface area contributed by atoms with Crippen LogP contribution >= 0.6 is 0 Å². The van der Waals surface area contributed by atoms with Gasteiger partial charge in [-0.1, -0.05) is 0 Å². The second-order valence-corrected chi connectivity index (χ2v) is 5.75. The van der Waals surface area contributed by atoms with E-state index in [1.54, 1.807) is 0 Å². The number of aliphatic carboxylic acids is 2. The topological polar surface area (TPSA) is 239 Å². The molecule has 0 rings (SSSR count). The van der Waals surface area contributed by atoms with Gasteiger partial charge in [-0.2, -0.15) is 0 Å². The molecule has 0 bridgehead atoms. The normalized spacial score (nSPS) is 12.0. The maximum atomic E-state index is 11.6. The Morgan fingerprint density at radius 3 is 1.19 bits per heavy atom. The first-order valence-electron chi connectivity index (χ1n) is 8.14. The van der Waals surface area contributed by atoms with Crippen LogP contribution in [-0.4, -0.2) is 246 Å². The van der Waals surface area contributed by atoms with Gasteiger partial charge in [0, 0.05) is 19.3 Å². The SMILES string of the molecule is N[C@H](CCC(=O)OC(=O)CC[C@@H](N)C(=O)OC(=O)CC[C@@H](N)C(=O)O)C(=O)O.[H-].[H-].[H-].[H-].[H-].[H-].[H-].[H-].[Sr+2].[Sr+2].[Sr+2].[Sr+2]. The molecule has 17 heteroatoms. The summed E-state index contributed by atoms with van der Waals surface area (Å²) >= 11 is 0. The van der Waals surface area contributed by atoms with Crippen molar-refractivity contribution in [2.24, 2.45) is 17.2 Å². The summed E-state index contributed by atoms with van der Waals surface area (Å²) in [5.41, 5.74) is 15.9. The third kappa shape index (κ3) is 23.4. The van der Waals surface area contributed by atoms with Crippen LogP contribution < -0.4 is 17.2 Å². The first-order chi connectivity index (χ1) is 12.9. The Morgan fingerprint density at radius 2 is 0.875 bits per heavy atom. The van der Waals surface area contributed by atoms with Gasteiger partial charge in [0.1, 0.15) is 18.1 Å². The number of carboxylic acids is 2. The van der Waals surface area contributed by atoms with Gasteiger partial charge in [0.05, 0.1) is 0 Å². The van der Waals surface area contributed by atoms with Crippen LogP contribution in [0.3, 0.4) is 0 Å². The summed E-state index contributed by atoms with van der Waals surface area (Å²) < 4.78 is 8.81. The first kappa shape index (κ1) is 45.0. The van der Waals surface area contributed by atoms with Gasteiger partial charge >= 0.3 is 218 Å². The van der Waals surface area contributed by atoms with Gasteiger partial charge in [-0.15, -0.1) is 0 Å². The minimum absolute atomic E-state index is 0. The second-order valence-electron chi connectivity index (χ2n) is 5.75. The second kappa shape index (κ2) is 25.7. The van der Waals surface area contributed by atoms with Crippen LogP contribution in [0.15, 0.2) is 0 Å².